The van der Waals surface area contributed by atoms with Crippen molar-refractivity contribution in [2.45, 2.75) is 12.8 Å². The van der Waals surface area contributed by atoms with E-state index in [0.717, 1.165) is 3.57 Å². The first-order chi connectivity index (χ1) is 9.38. The minimum absolute atomic E-state index is 0.232. The summed E-state index contributed by atoms with van der Waals surface area (Å²) in [6.07, 6.45) is 0.700. The zero-order valence-electron chi connectivity index (χ0n) is 10.6. The van der Waals surface area contributed by atoms with Gasteiger partial charge in [0, 0.05) is 16.7 Å². The second-order valence-electron chi connectivity index (χ2n) is 4.63. The van der Waals surface area contributed by atoms with Crippen molar-refractivity contribution in [3.05, 3.63) is 27.8 Å². The van der Waals surface area contributed by atoms with Crippen molar-refractivity contribution >= 4 is 44.5 Å². The van der Waals surface area contributed by atoms with Gasteiger partial charge in [0.05, 0.1) is 11.6 Å². The predicted octanol–water partition coefficient (Wildman–Crippen LogP) is 1.74. The topological polar surface area (TPSA) is 86.7 Å². The lowest BCUT2D eigenvalue weighted by atomic mass is 9.99. The minimum atomic E-state index is -3.62. The molecule has 110 valence electrons. The Morgan fingerprint density at radius 1 is 1.35 bits per heavy atom. The first-order valence-corrected chi connectivity index (χ1v) is 8.66. The van der Waals surface area contributed by atoms with E-state index in [1.807, 2.05) is 6.07 Å². The summed E-state index contributed by atoms with van der Waals surface area (Å²) in [5.41, 5.74) is 0.511. The van der Waals surface area contributed by atoms with Crippen LogP contribution in [0.1, 0.15) is 12.8 Å². The second kappa shape index (κ2) is 6.27. The molecule has 2 rings (SSSR count). The highest BCUT2D eigenvalue weighted by molar-refractivity contribution is 14.1. The van der Waals surface area contributed by atoms with E-state index in [0.29, 0.717) is 18.5 Å². The number of nitrogens with one attached hydrogen (secondary N) is 1. The number of carbonyl (C=O) groups is 1. The molecule has 2 N–H and O–H groups in total. The number of piperidine rings is 1. The van der Waals surface area contributed by atoms with E-state index in [-0.39, 0.29) is 13.1 Å². The van der Waals surface area contributed by atoms with Gasteiger partial charge in [0.1, 0.15) is 0 Å². The van der Waals surface area contributed by atoms with E-state index >= 15 is 0 Å². The van der Waals surface area contributed by atoms with Crippen LogP contribution in [0.4, 0.5) is 5.69 Å². The third kappa shape index (κ3) is 3.83. The number of aliphatic carboxylic acids is 1. The van der Waals surface area contributed by atoms with Gasteiger partial charge in [-0.2, -0.15) is 12.7 Å². The number of carboxylic acids is 1. The van der Waals surface area contributed by atoms with Gasteiger partial charge in [-0.15, -0.1) is 0 Å². The molecule has 1 aliphatic rings. The van der Waals surface area contributed by atoms with E-state index in [1.165, 1.54) is 4.31 Å². The van der Waals surface area contributed by atoms with Crippen molar-refractivity contribution in [1.82, 2.24) is 4.31 Å². The van der Waals surface area contributed by atoms with Crippen LogP contribution in [0, 0.1) is 9.49 Å². The van der Waals surface area contributed by atoms with Gasteiger partial charge >= 0.3 is 16.2 Å². The number of carboxylic acid groups (broad SMARTS) is 1. The molecule has 1 aromatic rings. The van der Waals surface area contributed by atoms with E-state index < -0.39 is 22.1 Å². The summed E-state index contributed by atoms with van der Waals surface area (Å²) in [6, 6.07) is 7.07. The van der Waals surface area contributed by atoms with Crippen molar-refractivity contribution in [1.29, 1.82) is 0 Å². The average Bonchev–Trinajstić information content (AvgIpc) is 2.38. The molecule has 0 amide bonds. The van der Waals surface area contributed by atoms with Crippen molar-refractivity contribution < 1.29 is 18.3 Å². The number of hydrogen-bond donors (Lipinski definition) is 2. The molecule has 0 spiro atoms. The van der Waals surface area contributed by atoms with Crippen LogP contribution in [0.2, 0.25) is 0 Å². The van der Waals surface area contributed by atoms with Gasteiger partial charge in [0.2, 0.25) is 0 Å². The van der Waals surface area contributed by atoms with Gasteiger partial charge < -0.3 is 5.11 Å². The molecule has 1 heterocycles. The molecule has 6 nitrogen and oxygen atoms in total. The normalized spacial score (nSPS) is 17.9. The lowest BCUT2D eigenvalue weighted by Gasteiger charge is -2.29. The summed E-state index contributed by atoms with van der Waals surface area (Å²) >= 11 is 2.11. The first kappa shape index (κ1) is 15.5. The Kier molecular flexibility index (Phi) is 4.86. The lowest BCUT2D eigenvalue weighted by molar-refractivity contribution is -0.142. The number of hydrogen-bond acceptors (Lipinski definition) is 3. The Bertz CT molecular complexity index is 597. The fraction of sp³-hybridized carbons (Fsp3) is 0.417. The highest BCUT2D eigenvalue weighted by Crippen LogP contribution is 2.21. The van der Waals surface area contributed by atoms with Crippen LogP contribution in [0.25, 0.3) is 0 Å². The molecule has 0 atom stereocenters. The third-order valence-electron chi connectivity index (χ3n) is 3.21. The molecule has 1 aromatic carbocycles. The van der Waals surface area contributed by atoms with E-state index in [9.17, 15) is 13.2 Å². The maximum Gasteiger partial charge on any atom is 0.306 e. The Balaban J connectivity index is 2.03. The van der Waals surface area contributed by atoms with Gasteiger partial charge in [-0.05, 0) is 53.6 Å². The standard InChI is InChI=1S/C12H15IN2O4S/c13-10-2-1-3-11(8-10)14-20(18,19)15-6-4-9(5-7-15)12(16)17/h1-3,8-9,14H,4-7H2,(H,16,17). The second-order valence-corrected chi connectivity index (χ2v) is 7.55. The maximum atomic E-state index is 12.2. The van der Waals surface area contributed by atoms with Crippen molar-refractivity contribution in [3.63, 3.8) is 0 Å². The molecule has 1 saturated heterocycles. The van der Waals surface area contributed by atoms with Crippen molar-refractivity contribution in [2.24, 2.45) is 5.92 Å². The number of halogens is 1. The summed E-state index contributed by atoms with van der Waals surface area (Å²) in [5, 5.41) is 8.91. The molecule has 0 aliphatic carbocycles. The number of anilines is 1. The molecular formula is C12H15IN2O4S. The summed E-state index contributed by atoms with van der Waals surface area (Å²) in [7, 11) is -3.62. The molecule has 0 radical (unpaired) electrons. The molecule has 8 heteroatoms. The maximum absolute atomic E-state index is 12.2. The monoisotopic (exact) mass is 410 g/mol. The van der Waals surface area contributed by atoms with Crippen molar-refractivity contribution in [3.8, 4) is 0 Å². The number of benzene rings is 1. The van der Waals surface area contributed by atoms with Gasteiger partial charge in [-0.3, -0.25) is 9.52 Å². The number of nitrogens with zero attached hydrogens (tertiary/aromatic N) is 1. The zero-order valence-corrected chi connectivity index (χ0v) is 13.6. The minimum Gasteiger partial charge on any atom is -0.481 e. The molecule has 1 aliphatic heterocycles. The van der Waals surface area contributed by atoms with Crippen LogP contribution in [0.5, 0.6) is 0 Å². The zero-order chi connectivity index (χ0) is 14.8. The SMILES string of the molecule is O=C(O)C1CCN(S(=O)(=O)Nc2cccc(I)c2)CC1. The largest absolute Gasteiger partial charge is 0.481 e. The number of rotatable bonds is 4. The van der Waals surface area contributed by atoms with E-state index in [4.69, 9.17) is 5.11 Å². The van der Waals surface area contributed by atoms with Crippen LogP contribution in [-0.2, 0) is 15.0 Å². The predicted molar refractivity (Wildman–Crippen MR) is 83.6 cm³/mol. The van der Waals surface area contributed by atoms with Crippen LogP contribution in [-0.4, -0.2) is 36.9 Å². The van der Waals surface area contributed by atoms with Gasteiger partial charge in [0.25, 0.3) is 0 Å². The summed E-state index contributed by atoms with van der Waals surface area (Å²) in [5.74, 6) is -1.30. The molecule has 0 saturated carbocycles. The van der Waals surface area contributed by atoms with Crippen LogP contribution >= 0.6 is 22.6 Å². The van der Waals surface area contributed by atoms with Crippen molar-refractivity contribution in [2.75, 3.05) is 17.8 Å². The summed E-state index contributed by atoms with van der Waals surface area (Å²) < 4.78 is 29.2. The molecule has 0 bridgehead atoms. The van der Waals surface area contributed by atoms with E-state index in [2.05, 4.69) is 27.3 Å². The van der Waals surface area contributed by atoms with Gasteiger partial charge in [-0.1, -0.05) is 6.07 Å². The first-order valence-electron chi connectivity index (χ1n) is 6.15. The quantitative estimate of drug-likeness (QED) is 0.741. The van der Waals surface area contributed by atoms with Crippen LogP contribution < -0.4 is 4.72 Å². The van der Waals surface area contributed by atoms with E-state index in [1.54, 1.807) is 18.2 Å². The average molecular weight is 410 g/mol. The molecule has 20 heavy (non-hydrogen) atoms. The molecular weight excluding hydrogens is 395 g/mol. The molecule has 1 fully saturated rings. The smallest absolute Gasteiger partial charge is 0.306 e. The highest BCUT2D eigenvalue weighted by Gasteiger charge is 2.30. The fourth-order valence-electron chi connectivity index (χ4n) is 2.11. The Labute approximate surface area is 131 Å². The lowest BCUT2D eigenvalue weighted by Crippen LogP contribution is -2.42. The van der Waals surface area contributed by atoms with Crippen LogP contribution in [0.15, 0.2) is 24.3 Å². The molecule has 0 unspecified atom stereocenters. The Morgan fingerprint density at radius 2 is 2.00 bits per heavy atom. The highest BCUT2D eigenvalue weighted by atomic mass is 127. The van der Waals surface area contributed by atoms with Crippen LogP contribution in [0.3, 0.4) is 0 Å². The van der Waals surface area contributed by atoms with Gasteiger partial charge in [0.15, 0.2) is 0 Å². The molecule has 0 aromatic heterocycles. The summed E-state index contributed by atoms with van der Waals surface area (Å²) in [6.45, 7) is 0.465. The van der Waals surface area contributed by atoms with Gasteiger partial charge in [-0.25, -0.2) is 0 Å². The third-order valence-corrected chi connectivity index (χ3v) is 5.42. The summed E-state index contributed by atoms with van der Waals surface area (Å²) in [4.78, 5) is 10.9. The Morgan fingerprint density at radius 3 is 2.55 bits per heavy atom. The Hall–Kier alpha value is -0.870. The fourth-order valence-corrected chi connectivity index (χ4v) is 3.90.